The normalized spacial score (nSPS) is 14.1. The second-order valence-corrected chi connectivity index (χ2v) is 12.9. The van der Waals surface area contributed by atoms with Crippen LogP contribution in [0.15, 0.2) is 46.8 Å². The number of fused-ring (bicyclic) bond motifs is 2. The minimum Gasteiger partial charge on any atom is -0.478 e. The molecule has 1 saturated heterocycles. The average molecular weight is 706 g/mol. The highest BCUT2D eigenvalue weighted by Crippen LogP contribution is 2.36. The summed E-state index contributed by atoms with van der Waals surface area (Å²) in [5.41, 5.74) is 2.24. The third kappa shape index (κ3) is 6.81. The van der Waals surface area contributed by atoms with Gasteiger partial charge in [0.2, 0.25) is 0 Å². The van der Waals surface area contributed by atoms with Gasteiger partial charge in [-0.1, -0.05) is 23.4 Å². The molecule has 0 unspecified atom stereocenters. The molecule has 49 heavy (non-hydrogen) atoms. The molecule has 5 aromatic rings. The summed E-state index contributed by atoms with van der Waals surface area (Å²) in [6.45, 7) is 1.12. The lowest BCUT2D eigenvalue weighted by Crippen LogP contribution is -2.46. The summed E-state index contributed by atoms with van der Waals surface area (Å²) in [5.74, 6) is 5.71. The van der Waals surface area contributed by atoms with E-state index in [2.05, 4.69) is 32.9 Å². The van der Waals surface area contributed by atoms with Gasteiger partial charge in [-0.05, 0) is 44.0 Å². The number of alkyl halides is 3. The fourth-order valence-corrected chi connectivity index (χ4v) is 7.32. The number of benzene rings is 1. The number of carbonyl (C=O) groups is 1. The SMILES string of the molecule is Cc1nc2cnc(N(C)C3CCN(CC(F)(F)F)CC3)c(C#N)c2c(=O)n1CC#Cc1ccc(Cl)cc1-c1ccnc2c(C(=O)O)csc12. The maximum absolute atomic E-state index is 13.9. The number of carboxylic acid groups (broad SMARTS) is 1. The highest BCUT2D eigenvalue weighted by Gasteiger charge is 2.34. The van der Waals surface area contributed by atoms with E-state index < -0.39 is 24.2 Å². The van der Waals surface area contributed by atoms with Gasteiger partial charge in [-0.2, -0.15) is 18.4 Å². The molecule has 1 N–H and O–H groups in total. The van der Waals surface area contributed by atoms with Gasteiger partial charge in [0.05, 0.1) is 46.0 Å². The highest BCUT2D eigenvalue weighted by atomic mass is 35.5. The van der Waals surface area contributed by atoms with Crippen molar-refractivity contribution in [1.82, 2.24) is 24.4 Å². The molecule has 1 aliphatic rings. The van der Waals surface area contributed by atoms with Crippen molar-refractivity contribution in [2.75, 3.05) is 31.6 Å². The fraction of sp³-hybridized carbons (Fsp3) is 0.294. The van der Waals surface area contributed by atoms with Crippen LogP contribution in [0.4, 0.5) is 19.0 Å². The number of aromatic carboxylic acids is 1. The molecule has 4 aromatic heterocycles. The first kappa shape index (κ1) is 33.9. The van der Waals surface area contributed by atoms with Crippen molar-refractivity contribution in [3.63, 3.8) is 0 Å². The summed E-state index contributed by atoms with van der Waals surface area (Å²) in [5, 5.41) is 21.9. The number of anilines is 1. The van der Waals surface area contributed by atoms with Crippen molar-refractivity contribution in [3.8, 4) is 29.0 Å². The van der Waals surface area contributed by atoms with Gasteiger partial charge in [0.15, 0.2) is 0 Å². The van der Waals surface area contributed by atoms with Crippen molar-refractivity contribution in [2.24, 2.45) is 0 Å². The summed E-state index contributed by atoms with van der Waals surface area (Å²) in [7, 11) is 1.73. The van der Waals surface area contributed by atoms with Crippen molar-refractivity contribution >= 4 is 55.8 Å². The number of aromatic nitrogens is 4. The third-order valence-corrected chi connectivity index (χ3v) is 9.78. The number of thiophene rings is 1. The Bertz CT molecular complexity index is 2280. The zero-order valence-electron chi connectivity index (χ0n) is 26.2. The maximum Gasteiger partial charge on any atom is 0.401 e. The second-order valence-electron chi connectivity index (χ2n) is 11.6. The Morgan fingerprint density at radius 3 is 2.65 bits per heavy atom. The lowest BCUT2D eigenvalue weighted by molar-refractivity contribution is -0.147. The van der Waals surface area contributed by atoms with E-state index in [1.807, 2.05) is 0 Å². The van der Waals surface area contributed by atoms with E-state index in [9.17, 15) is 33.1 Å². The van der Waals surface area contributed by atoms with Gasteiger partial charge in [-0.25, -0.2) is 14.8 Å². The Labute approximate surface area is 287 Å². The average Bonchev–Trinajstić information content (AvgIpc) is 3.50. The summed E-state index contributed by atoms with van der Waals surface area (Å²) >= 11 is 7.61. The lowest BCUT2D eigenvalue weighted by atomic mass is 10.00. The molecule has 0 atom stereocenters. The number of hydrogen-bond acceptors (Lipinski definition) is 9. The molecule has 0 amide bonds. The van der Waals surface area contributed by atoms with Crippen LogP contribution in [0.25, 0.3) is 32.2 Å². The standard InChI is InChI=1S/C34H27ClF3N7O3S/c1-19-42-27-16-41-31(43(2)22-8-12-44(13-9-22)18-34(36,37)38)25(15-39)28(27)32(46)45(19)11-3-4-20-5-6-21(35)14-24(20)23-7-10-40-29-26(33(47)48)17-49-30(23)29/h5-7,10,14,16-17,22H,8-9,11-13,18H2,1-2H3,(H,47,48). The second kappa shape index (κ2) is 13.5. The molecule has 0 bridgehead atoms. The topological polar surface area (TPSA) is 128 Å². The predicted molar refractivity (Wildman–Crippen MR) is 181 cm³/mol. The van der Waals surface area contributed by atoms with Crippen LogP contribution in [0.5, 0.6) is 0 Å². The quantitative estimate of drug-likeness (QED) is 0.208. The number of rotatable bonds is 6. The van der Waals surface area contributed by atoms with E-state index in [-0.39, 0.29) is 53.5 Å². The first-order chi connectivity index (χ1) is 23.4. The predicted octanol–water partition coefficient (Wildman–Crippen LogP) is 6.11. The number of piperidine rings is 1. The maximum atomic E-state index is 13.9. The molecule has 0 spiro atoms. The molecule has 250 valence electrons. The van der Waals surface area contributed by atoms with E-state index in [1.165, 1.54) is 38.6 Å². The van der Waals surface area contributed by atoms with Crippen molar-refractivity contribution in [1.29, 1.82) is 5.26 Å². The number of halogens is 4. The van der Waals surface area contributed by atoms with E-state index in [4.69, 9.17) is 11.6 Å². The van der Waals surface area contributed by atoms with Crippen LogP contribution in [-0.2, 0) is 6.54 Å². The van der Waals surface area contributed by atoms with Gasteiger partial charge in [0.25, 0.3) is 5.56 Å². The molecule has 1 aromatic carbocycles. The monoisotopic (exact) mass is 705 g/mol. The Hall–Kier alpha value is -5.02. The van der Waals surface area contributed by atoms with E-state index >= 15 is 0 Å². The highest BCUT2D eigenvalue weighted by molar-refractivity contribution is 7.18. The van der Waals surface area contributed by atoms with Crippen LogP contribution in [-0.4, -0.2) is 74.4 Å². The molecule has 1 aliphatic heterocycles. The van der Waals surface area contributed by atoms with Gasteiger partial charge in [0.1, 0.15) is 23.3 Å². The molecular weight excluding hydrogens is 679 g/mol. The smallest absolute Gasteiger partial charge is 0.401 e. The molecule has 0 aliphatic carbocycles. The van der Waals surface area contributed by atoms with Crippen LogP contribution >= 0.6 is 22.9 Å². The molecule has 1 fully saturated rings. The van der Waals surface area contributed by atoms with Gasteiger partial charge in [-0.3, -0.25) is 19.2 Å². The number of aryl methyl sites for hydroxylation is 1. The Morgan fingerprint density at radius 2 is 1.96 bits per heavy atom. The summed E-state index contributed by atoms with van der Waals surface area (Å²) in [6, 6.07) is 8.87. The van der Waals surface area contributed by atoms with Crippen LogP contribution in [0.1, 0.15) is 40.2 Å². The van der Waals surface area contributed by atoms with Crippen molar-refractivity contribution < 1.29 is 23.1 Å². The minimum absolute atomic E-state index is 0.0373. The van der Waals surface area contributed by atoms with Gasteiger partial charge < -0.3 is 10.0 Å². The molecule has 0 radical (unpaired) electrons. The molecule has 0 saturated carbocycles. The third-order valence-electron chi connectivity index (χ3n) is 8.54. The number of pyridine rings is 2. The Kier molecular flexibility index (Phi) is 9.31. The van der Waals surface area contributed by atoms with E-state index in [0.717, 1.165) is 0 Å². The van der Waals surface area contributed by atoms with Crippen molar-refractivity contribution in [3.05, 3.63) is 79.9 Å². The van der Waals surface area contributed by atoms with Crippen LogP contribution < -0.4 is 10.5 Å². The Balaban J connectivity index is 1.32. The van der Waals surface area contributed by atoms with Crippen LogP contribution in [0.3, 0.4) is 0 Å². The van der Waals surface area contributed by atoms with Crippen LogP contribution in [0.2, 0.25) is 5.02 Å². The number of nitriles is 1. The zero-order valence-corrected chi connectivity index (χ0v) is 27.7. The molecule has 10 nitrogen and oxygen atoms in total. The zero-order chi connectivity index (χ0) is 35.0. The fourth-order valence-electron chi connectivity index (χ4n) is 6.12. The lowest BCUT2D eigenvalue weighted by Gasteiger charge is -2.37. The first-order valence-electron chi connectivity index (χ1n) is 15.1. The molecule has 6 rings (SSSR count). The van der Waals surface area contributed by atoms with Crippen molar-refractivity contribution in [2.45, 2.75) is 38.5 Å². The number of likely N-dealkylation sites (tertiary alicyclic amines) is 1. The molecule has 15 heteroatoms. The number of carboxylic acids is 1. The minimum atomic E-state index is -4.27. The van der Waals surface area contributed by atoms with Gasteiger partial charge in [0, 0.05) is 59.5 Å². The van der Waals surface area contributed by atoms with Crippen LogP contribution in [0, 0.1) is 30.1 Å². The van der Waals surface area contributed by atoms with E-state index in [1.54, 1.807) is 43.1 Å². The summed E-state index contributed by atoms with van der Waals surface area (Å²) in [6.07, 6.45) is -0.435. The molecule has 5 heterocycles. The number of hydrogen-bond donors (Lipinski definition) is 1. The van der Waals surface area contributed by atoms with Gasteiger partial charge in [-0.15, -0.1) is 11.3 Å². The number of nitrogens with zero attached hydrogens (tertiary/aromatic N) is 7. The Morgan fingerprint density at radius 1 is 1.20 bits per heavy atom. The molecular formula is C34H27ClF3N7O3S. The van der Waals surface area contributed by atoms with Gasteiger partial charge >= 0.3 is 12.1 Å². The first-order valence-corrected chi connectivity index (χ1v) is 16.3. The summed E-state index contributed by atoms with van der Waals surface area (Å²) < 4.78 is 40.7. The summed E-state index contributed by atoms with van der Waals surface area (Å²) in [4.78, 5) is 42.0. The largest absolute Gasteiger partial charge is 0.478 e. The van der Waals surface area contributed by atoms with E-state index in [0.29, 0.717) is 50.6 Å².